The van der Waals surface area contributed by atoms with Crippen LogP contribution in [0, 0.1) is 17.8 Å². The monoisotopic (exact) mass is 298 g/mol. The van der Waals surface area contributed by atoms with E-state index in [0.717, 1.165) is 34.5 Å². The lowest BCUT2D eigenvalue weighted by molar-refractivity contribution is -0.00922. The van der Waals surface area contributed by atoms with Gasteiger partial charge in [-0.2, -0.15) is 0 Å². The molecule has 4 fully saturated rings. The number of para-hydroxylation sites is 1. The quantitative estimate of drug-likeness (QED) is 0.710. The molecule has 4 saturated carbocycles. The first-order valence-corrected chi connectivity index (χ1v) is 8.52. The molecule has 1 heterocycles. The van der Waals surface area contributed by atoms with E-state index in [1.54, 1.807) is 0 Å². The third-order valence-electron chi connectivity index (χ3n) is 6.07. The van der Waals surface area contributed by atoms with Gasteiger partial charge >= 0.3 is 0 Å². The van der Waals surface area contributed by atoms with E-state index in [0.29, 0.717) is 5.15 Å². The van der Waals surface area contributed by atoms with Crippen LogP contribution in [0.5, 0.6) is 0 Å². The van der Waals surface area contributed by atoms with Crippen LogP contribution in [0.2, 0.25) is 5.15 Å². The molecule has 1 aromatic carbocycles. The first kappa shape index (κ1) is 12.4. The van der Waals surface area contributed by atoms with E-state index in [4.69, 9.17) is 21.6 Å². The lowest BCUT2D eigenvalue weighted by Gasteiger charge is -2.56. The van der Waals surface area contributed by atoms with Gasteiger partial charge in [0.2, 0.25) is 0 Å². The van der Waals surface area contributed by atoms with Gasteiger partial charge < -0.3 is 0 Å². The van der Waals surface area contributed by atoms with E-state index in [1.165, 1.54) is 38.5 Å². The normalized spacial score (nSPS) is 37.3. The second kappa shape index (κ2) is 4.19. The average Bonchev–Trinajstić information content (AvgIpc) is 2.46. The van der Waals surface area contributed by atoms with E-state index in [1.807, 2.05) is 18.2 Å². The molecule has 4 aliphatic carbocycles. The minimum Gasteiger partial charge on any atom is -0.232 e. The highest BCUT2D eigenvalue weighted by Crippen LogP contribution is 2.60. The molecule has 3 heteroatoms. The summed E-state index contributed by atoms with van der Waals surface area (Å²) in [6, 6.07) is 8.12. The predicted molar refractivity (Wildman–Crippen MR) is 84.4 cm³/mol. The molecule has 2 aromatic rings. The van der Waals surface area contributed by atoms with E-state index in [-0.39, 0.29) is 5.41 Å². The van der Waals surface area contributed by atoms with Crippen LogP contribution in [0.15, 0.2) is 24.3 Å². The van der Waals surface area contributed by atoms with Crippen LogP contribution >= 0.6 is 11.6 Å². The summed E-state index contributed by atoms with van der Waals surface area (Å²) in [7, 11) is 0. The van der Waals surface area contributed by atoms with Gasteiger partial charge in [0.05, 0.1) is 5.52 Å². The summed E-state index contributed by atoms with van der Waals surface area (Å²) in [4.78, 5) is 9.68. The molecule has 0 saturated heterocycles. The van der Waals surface area contributed by atoms with Crippen molar-refractivity contribution in [2.45, 2.75) is 43.9 Å². The molecule has 0 atom stereocenters. The zero-order chi connectivity index (χ0) is 14.0. The van der Waals surface area contributed by atoms with Gasteiger partial charge in [-0.1, -0.05) is 23.7 Å². The summed E-state index contributed by atoms with van der Waals surface area (Å²) in [6.07, 6.45) is 8.19. The smallest absolute Gasteiger partial charge is 0.140 e. The number of nitrogens with zero attached hydrogens (tertiary/aromatic N) is 2. The van der Waals surface area contributed by atoms with Crippen LogP contribution in [-0.4, -0.2) is 9.97 Å². The second-order valence-corrected chi connectivity index (χ2v) is 7.91. The maximum Gasteiger partial charge on any atom is 0.140 e. The van der Waals surface area contributed by atoms with Crippen molar-refractivity contribution in [3.8, 4) is 0 Å². The SMILES string of the molecule is Clc1nc(C23CC4CC(CC(C4)C2)C3)nc2ccccc12. The highest BCUT2D eigenvalue weighted by molar-refractivity contribution is 6.34. The fourth-order valence-corrected chi connectivity index (χ4v) is 5.90. The van der Waals surface area contributed by atoms with Crippen LogP contribution < -0.4 is 0 Å². The van der Waals surface area contributed by atoms with E-state index >= 15 is 0 Å². The molecular weight excluding hydrogens is 280 g/mol. The van der Waals surface area contributed by atoms with Crippen molar-refractivity contribution in [1.82, 2.24) is 9.97 Å². The Labute approximate surface area is 129 Å². The molecule has 0 N–H and O–H groups in total. The Morgan fingerprint density at radius 2 is 1.52 bits per heavy atom. The van der Waals surface area contributed by atoms with E-state index in [2.05, 4.69) is 6.07 Å². The zero-order valence-corrected chi connectivity index (χ0v) is 12.8. The summed E-state index contributed by atoms with van der Waals surface area (Å²) in [5, 5.41) is 1.61. The first-order chi connectivity index (χ1) is 10.2. The van der Waals surface area contributed by atoms with Crippen molar-refractivity contribution < 1.29 is 0 Å². The molecular formula is C18H19ClN2. The average molecular weight is 299 g/mol. The molecule has 4 aliphatic rings. The highest BCUT2D eigenvalue weighted by Gasteiger charge is 2.53. The Morgan fingerprint density at radius 1 is 0.905 bits per heavy atom. The van der Waals surface area contributed by atoms with Gasteiger partial charge in [-0.05, 0) is 68.4 Å². The Morgan fingerprint density at radius 3 is 2.19 bits per heavy atom. The maximum absolute atomic E-state index is 6.45. The summed E-state index contributed by atoms with van der Waals surface area (Å²) in [5.74, 6) is 3.76. The summed E-state index contributed by atoms with van der Waals surface area (Å²) in [6.45, 7) is 0. The van der Waals surface area contributed by atoms with Crippen LogP contribution in [0.25, 0.3) is 10.9 Å². The molecule has 1 aromatic heterocycles. The lowest BCUT2D eigenvalue weighted by atomic mass is 9.49. The predicted octanol–water partition coefficient (Wildman–Crippen LogP) is 4.75. The number of hydrogen-bond donors (Lipinski definition) is 0. The second-order valence-electron chi connectivity index (χ2n) is 7.55. The van der Waals surface area contributed by atoms with Gasteiger partial charge in [0.25, 0.3) is 0 Å². The van der Waals surface area contributed by atoms with Crippen LogP contribution in [0.4, 0.5) is 0 Å². The highest BCUT2D eigenvalue weighted by atomic mass is 35.5. The van der Waals surface area contributed by atoms with Crippen LogP contribution in [0.1, 0.15) is 44.3 Å². The van der Waals surface area contributed by atoms with Crippen molar-refractivity contribution in [2.24, 2.45) is 17.8 Å². The fraction of sp³-hybridized carbons (Fsp3) is 0.556. The number of hydrogen-bond acceptors (Lipinski definition) is 2. The minimum absolute atomic E-state index is 0.225. The van der Waals surface area contributed by atoms with Gasteiger partial charge in [0.1, 0.15) is 11.0 Å². The Bertz CT molecular complexity index is 689. The topological polar surface area (TPSA) is 25.8 Å². The Kier molecular flexibility index (Phi) is 2.48. The number of fused-ring (bicyclic) bond motifs is 1. The third-order valence-corrected chi connectivity index (χ3v) is 6.36. The summed E-state index contributed by atoms with van der Waals surface area (Å²) in [5.41, 5.74) is 1.23. The third kappa shape index (κ3) is 1.78. The van der Waals surface area contributed by atoms with Crippen molar-refractivity contribution >= 4 is 22.5 Å². The largest absolute Gasteiger partial charge is 0.232 e. The molecule has 108 valence electrons. The molecule has 0 aliphatic heterocycles. The maximum atomic E-state index is 6.45. The summed E-state index contributed by atoms with van der Waals surface area (Å²) < 4.78 is 0. The van der Waals surface area contributed by atoms with Crippen molar-refractivity contribution in [2.75, 3.05) is 0 Å². The van der Waals surface area contributed by atoms with E-state index < -0.39 is 0 Å². The van der Waals surface area contributed by atoms with Crippen molar-refractivity contribution in [3.63, 3.8) is 0 Å². The lowest BCUT2D eigenvalue weighted by Crippen LogP contribution is -2.49. The van der Waals surface area contributed by atoms with Gasteiger partial charge in [-0.15, -0.1) is 0 Å². The van der Waals surface area contributed by atoms with Crippen LogP contribution in [-0.2, 0) is 5.41 Å². The Hall–Kier alpha value is -1.15. The van der Waals surface area contributed by atoms with Gasteiger partial charge in [-0.25, -0.2) is 9.97 Å². The molecule has 0 unspecified atom stereocenters. The number of halogens is 1. The molecule has 6 rings (SSSR count). The molecule has 0 amide bonds. The molecule has 0 radical (unpaired) electrons. The van der Waals surface area contributed by atoms with Gasteiger partial charge in [0.15, 0.2) is 0 Å². The molecule has 21 heavy (non-hydrogen) atoms. The van der Waals surface area contributed by atoms with E-state index in [9.17, 15) is 0 Å². The van der Waals surface area contributed by atoms with Crippen molar-refractivity contribution in [1.29, 1.82) is 0 Å². The standard InChI is InChI=1S/C18H19ClN2/c19-16-14-3-1-2-4-15(14)20-17(21-16)18-8-11-5-12(9-18)7-13(6-11)10-18/h1-4,11-13H,5-10H2. The van der Waals surface area contributed by atoms with Crippen LogP contribution in [0.3, 0.4) is 0 Å². The summed E-state index contributed by atoms with van der Waals surface area (Å²) >= 11 is 6.45. The minimum atomic E-state index is 0.225. The molecule has 4 bridgehead atoms. The van der Waals surface area contributed by atoms with Gasteiger partial charge in [0, 0.05) is 10.8 Å². The molecule has 0 spiro atoms. The zero-order valence-electron chi connectivity index (χ0n) is 12.1. The Balaban J connectivity index is 1.67. The van der Waals surface area contributed by atoms with Crippen molar-refractivity contribution in [3.05, 3.63) is 35.2 Å². The fourth-order valence-electron chi connectivity index (χ4n) is 5.66. The molecule has 2 nitrogen and oxygen atoms in total. The number of aromatic nitrogens is 2. The number of benzene rings is 1. The number of rotatable bonds is 1. The first-order valence-electron chi connectivity index (χ1n) is 8.15. The van der Waals surface area contributed by atoms with Gasteiger partial charge in [-0.3, -0.25) is 0 Å².